The van der Waals surface area contributed by atoms with Gasteiger partial charge in [0, 0.05) is 50.6 Å². The molecule has 2 atom stereocenters. The number of rotatable bonds is 4. The first-order chi connectivity index (χ1) is 17.9. The topological polar surface area (TPSA) is 81.7 Å². The first kappa shape index (κ1) is 24.8. The fourth-order valence-corrected chi connectivity index (χ4v) is 7.43. The maximum absolute atomic E-state index is 12.6. The Hall–Kier alpha value is -2.53. The highest BCUT2D eigenvalue weighted by Crippen LogP contribution is 2.41. The number of hydrogen-bond donors (Lipinski definition) is 2. The molecular weight excluding hydrogens is 504 g/mol. The molecule has 0 bridgehead atoms. The minimum atomic E-state index is -0.318. The number of nitrogens with one attached hydrogen (secondary N) is 1. The van der Waals surface area contributed by atoms with Gasteiger partial charge in [0.2, 0.25) is 11.8 Å². The highest BCUT2D eigenvalue weighted by Gasteiger charge is 2.39. The number of amides is 2. The van der Waals surface area contributed by atoms with Crippen molar-refractivity contribution >= 4 is 51.8 Å². The zero-order chi connectivity index (χ0) is 25.7. The van der Waals surface area contributed by atoms with E-state index in [1.807, 2.05) is 0 Å². The van der Waals surface area contributed by atoms with E-state index in [1.165, 1.54) is 32.5 Å². The van der Waals surface area contributed by atoms with Crippen LogP contribution in [0.5, 0.6) is 0 Å². The van der Waals surface area contributed by atoms with Crippen LogP contribution in [0.15, 0.2) is 24.5 Å². The van der Waals surface area contributed by atoms with Gasteiger partial charge in [-0.25, -0.2) is 9.97 Å². The average molecular weight is 537 g/mol. The number of nitrogens with zero attached hydrogens (tertiary/aromatic N) is 5. The van der Waals surface area contributed by atoms with E-state index in [1.54, 1.807) is 17.7 Å². The van der Waals surface area contributed by atoms with E-state index in [-0.39, 0.29) is 23.2 Å². The van der Waals surface area contributed by atoms with Crippen LogP contribution in [0.25, 0.3) is 10.2 Å². The zero-order valence-corrected chi connectivity index (χ0v) is 22.9. The number of hydrogen-bond acceptors (Lipinski definition) is 9. The van der Waals surface area contributed by atoms with Gasteiger partial charge >= 0.3 is 0 Å². The molecule has 2 unspecified atom stereocenters. The second-order valence-electron chi connectivity index (χ2n) is 10.3. The van der Waals surface area contributed by atoms with Crippen molar-refractivity contribution in [2.24, 2.45) is 0 Å². The summed E-state index contributed by atoms with van der Waals surface area (Å²) in [6.07, 6.45) is 3.70. The summed E-state index contributed by atoms with van der Waals surface area (Å²) in [6, 6.07) is 6.12. The molecule has 8 nitrogen and oxygen atoms in total. The standard InChI is InChI=1S/C27H32N6O2S2/c1-16-17(2)37-26-23(16)24(28-15-29-26)32-10-4-9-31(11-12-32)13-18-5-3-6-19-20(18)14-33(27(19)36)21-7-8-22(34)30-25(21)35/h3,5-6,15,21,27,36H,4,7-14H2,1-2H3,(H,30,34,35). The number of fused-ring (bicyclic) bond motifs is 2. The normalized spacial score (nSPS) is 23.4. The van der Waals surface area contributed by atoms with Crippen molar-refractivity contribution in [3.05, 3.63) is 51.7 Å². The molecule has 37 heavy (non-hydrogen) atoms. The highest BCUT2D eigenvalue weighted by atomic mass is 32.1. The van der Waals surface area contributed by atoms with Crippen LogP contribution in [0.2, 0.25) is 0 Å². The van der Waals surface area contributed by atoms with Crippen molar-refractivity contribution in [3.63, 3.8) is 0 Å². The van der Waals surface area contributed by atoms with Crippen LogP contribution in [0.1, 0.15) is 51.8 Å². The van der Waals surface area contributed by atoms with E-state index in [4.69, 9.17) is 17.6 Å². The molecule has 3 aromatic rings. The molecule has 0 radical (unpaired) electrons. The molecule has 6 rings (SSSR count). The third-order valence-corrected chi connectivity index (χ3v) is 9.77. The molecule has 0 aliphatic carbocycles. The second kappa shape index (κ2) is 9.98. The highest BCUT2D eigenvalue weighted by molar-refractivity contribution is 7.80. The van der Waals surface area contributed by atoms with Crippen LogP contribution in [-0.2, 0) is 22.7 Å². The third kappa shape index (κ3) is 4.54. The van der Waals surface area contributed by atoms with E-state index in [2.05, 4.69) is 57.0 Å². The molecular formula is C27H32N6O2S2. The zero-order valence-electron chi connectivity index (χ0n) is 21.2. The van der Waals surface area contributed by atoms with Crippen molar-refractivity contribution in [1.29, 1.82) is 0 Å². The van der Waals surface area contributed by atoms with Crippen LogP contribution >= 0.6 is 24.0 Å². The van der Waals surface area contributed by atoms with Gasteiger partial charge in [0.25, 0.3) is 0 Å². The van der Waals surface area contributed by atoms with Crippen LogP contribution in [0.4, 0.5) is 5.82 Å². The SMILES string of the molecule is Cc1sc2ncnc(N3CCCN(Cc4cccc5c4CN(C4CCC(=O)NC4=O)C5S)CC3)c2c1C. The Morgan fingerprint density at radius 1 is 1.14 bits per heavy atom. The lowest BCUT2D eigenvalue weighted by molar-refractivity contribution is -0.137. The predicted molar refractivity (Wildman–Crippen MR) is 149 cm³/mol. The first-order valence-corrected chi connectivity index (χ1v) is 14.3. The maximum Gasteiger partial charge on any atom is 0.243 e. The summed E-state index contributed by atoms with van der Waals surface area (Å²) in [4.78, 5) is 42.9. The van der Waals surface area contributed by atoms with E-state index in [9.17, 15) is 9.59 Å². The van der Waals surface area contributed by atoms with Crippen molar-refractivity contribution in [1.82, 2.24) is 25.1 Å². The Morgan fingerprint density at radius 3 is 2.84 bits per heavy atom. The molecule has 10 heteroatoms. The Bertz CT molecular complexity index is 1370. The second-order valence-corrected chi connectivity index (χ2v) is 12.0. The van der Waals surface area contributed by atoms with Gasteiger partial charge in [-0.2, -0.15) is 12.6 Å². The van der Waals surface area contributed by atoms with Crippen molar-refractivity contribution in [3.8, 4) is 0 Å². The Balaban J connectivity index is 1.17. The number of carbonyl (C=O) groups is 2. The monoisotopic (exact) mass is 536 g/mol. The molecule has 3 aliphatic heterocycles. The molecule has 2 amide bonds. The minimum absolute atomic E-state index is 0.143. The molecule has 2 aromatic heterocycles. The number of benzene rings is 1. The van der Waals surface area contributed by atoms with Gasteiger partial charge in [-0.1, -0.05) is 18.2 Å². The van der Waals surface area contributed by atoms with Gasteiger partial charge in [0.1, 0.15) is 17.0 Å². The number of thiol groups is 1. The van der Waals surface area contributed by atoms with Gasteiger partial charge in [-0.05, 0) is 48.9 Å². The molecule has 2 saturated heterocycles. The summed E-state index contributed by atoms with van der Waals surface area (Å²) < 4.78 is 0. The minimum Gasteiger partial charge on any atom is -0.355 e. The smallest absolute Gasteiger partial charge is 0.243 e. The number of aromatic nitrogens is 2. The van der Waals surface area contributed by atoms with Gasteiger partial charge < -0.3 is 4.90 Å². The average Bonchev–Trinajstić information content (AvgIpc) is 3.25. The van der Waals surface area contributed by atoms with Gasteiger partial charge in [0.05, 0.1) is 16.8 Å². The Kier molecular flexibility index (Phi) is 6.68. The number of piperidine rings is 1. The number of thiophene rings is 1. The summed E-state index contributed by atoms with van der Waals surface area (Å²) >= 11 is 6.64. The largest absolute Gasteiger partial charge is 0.355 e. The Morgan fingerprint density at radius 2 is 2.00 bits per heavy atom. The predicted octanol–water partition coefficient (Wildman–Crippen LogP) is 3.57. The number of carbonyl (C=O) groups excluding carboxylic acids is 2. The molecule has 5 heterocycles. The lowest BCUT2D eigenvalue weighted by Gasteiger charge is -2.32. The third-order valence-electron chi connectivity index (χ3n) is 8.08. The van der Waals surface area contributed by atoms with Gasteiger partial charge in [-0.15, -0.1) is 11.3 Å². The summed E-state index contributed by atoms with van der Waals surface area (Å²) in [5, 5.41) is 3.56. The lowest BCUT2D eigenvalue weighted by atomic mass is 10.0. The molecule has 194 valence electrons. The quantitative estimate of drug-likeness (QED) is 0.390. The number of aryl methyl sites for hydroxylation is 2. The first-order valence-electron chi connectivity index (χ1n) is 13.0. The van der Waals surface area contributed by atoms with E-state index in [0.29, 0.717) is 19.4 Å². The van der Waals surface area contributed by atoms with Gasteiger partial charge in [0.15, 0.2) is 0 Å². The molecule has 1 N–H and O–H groups in total. The summed E-state index contributed by atoms with van der Waals surface area (Å²) in [6.45, 7) is 9.77. The van der Waals surface area contributed by atoms with Crippen LogP contribution in [0.3, 0.4) is 0 Å². The molecule has 1 aromatic carbocycles. The van der Waals surface area contributed by atoms with E-state index >= 15 is 0 Å². The van der Waals surface area contributed by atoms with E-state index in [0.717, 1.165) is 49.8 Å². The van der Waals surface area contributed by atoms with Crippen LogP contribution < -0.4 is 10.2 Å². The van der Waals surface area contributed by atoms with Crippen molar-refractivity contribution in [2.45, 2.75) is 57.6 Å². The summed E-state index contributed by atoms with van der Waals surface area (Å²) in [7, 11) is 0. The van der Waals surface area contributed by atoms with Crippen molar-refractivity contribution < 1.29 is 9.59 Å². The van der Waals surface area contributed by atoms with Gasteiger partial charge in [-0.3, -0.25) is 24.7 Å². The van der Waals surface area contributed by atoms with E-state index < -0.39 is 0 Å². The molecule has 2 fully saturated rings. The number of imide groups is 1. The molecule has 0 saturated carbocycles. The summed E-state index contributed by atoms with van der Waals surface area (Å²) in [5.74, 6) is 0.677. The number of anilines is 1. The molecule has 3 aliphatic rings. The Labute approximate surface area is 226 Å². The lowest BCUT2D eigenvalue weighted by Crippen LogP contribution is -2.51. The summed E-state index contributed by atoms with van der Waals surface area (Å²) in [5.41, 5.74) is 5.04. The van der Waals surface area contributed by atoms with Crippen LogP contribution in [-0.4, -0.2) is 63.8 Å². The van der Waals surface area contributed by atoms with Crippen molar-refractivity contribution in [2.75, 3.05) is 31.1 Å². The fraction of sp³-hybridized carbons (Fsp3) is 0.481. The molecule has 0 spiro atoms. The maximum atomic E-state index is 12.6. The fourth-order valence-electron chi connectivity index (χ4n) is 5.95. The van der Waals surface area contributed by atoms with Crippen LogP contribution in [0, 0.1) is 13.8 Å².